The Morgan fingerprint density at radius 1 is 1.33 bits per heavy atom. The molecular formula is C9H12O5S. The molecule has 1 unspecified atom stereocenters. The SMILES string of the molecule is CCOC(OS(=O)(=O)O)c1ccccc1. The highest BCUT2D eigenvalue weighted by molar-refractivity contribution is 7.80. The summed E-state index contributed by atoms with van der Waals surface area (Å²) in [6, 6.07) is 8.50. The van der Waals surface area contributed by atoms with Gasteiger partial charge in [0.15, 0.2) is 0 Å². The van der Waals surface area contributed by atoms with Gasteiger partial charge in [0.1, 0.15) is 0 Å². The molecule has 0 aliphatic heterocycles. The number of rotatable bonds is 5. The summed E-state index contributed by atoms with van der Waals surface area (Å²) in [6.07, 6.45) is -1.11. The van der Waals surface area contributed by atoms with Crippen molar-refractivity contribution in [1.82, 2.24) is 0 Å². The monoisotopic (exact) mass is 232 g/mol. The zero-order valence-electron chi connectivity index (χ0n) is 8.16. The average Bonchev–Trinajstić information content (AvgIpc) is 2.17. The van der Waals surface area contributed by atoms with Crippen LogP contribution in [0.3, 0.4) is 0 Å². The number of hydrogen-bond donors (Lipinski definition) is 1. The Labute approximate surface area is 88.6 Å². The molecule has 0 heterocycles. The minimum Gasteiger partial charge on any atom is -0.348 e. The highest BCUT2D eigenvalue weighted by atomic mass is 32.3. The molecule has 0 aliphatic rings. The Hall–Kier alpha value is -0.950. The summed E-state index contributed by atoms with van der Waals surface area (Å²) in [4.78, 5) is 0. The maximum Gasteiger partial charge on any atom is 0.400 e. The van der Waals surface area contributed by atoms with Crippen molar-refractivity contribution in [2.45, 2.75) is 13.2 Å². The first kappa shape index (κ1) is 12.1. The third-order valence-corrected chi connectivity index (χ3v) is 2.02. The van der Waals surface area contributed by atoms with Crippen LogP contribution in [-0.2, 0) is 19.3 Å². The Morgan fingerprint density at radius 3 is 2.40 bits per heavy atom. The zero-order valence-corrected chi connectivity index (χ0v) is 8.98. The molecule has 1 atom stereocenters. The summed E-state index contributed by atoms with van der Waals surface area (Å²) in [7, 11) is -4.52. The Morgan fingerprint density at radius 2 is 1.93 bits per heavy atom. The second kappa shape index (κ2) is 5.22. The molecule has 1 N–H and O–H groups in total. The van der Waals surface area contributed by atoms with E-state index in [9.17, 15) is 8.42 Å². The van der Waals surface area contributed by atoms with Crippen molar-refractivity contribution in [1.29, 1.82) is 0 Å². The lowest BCUT2D eigenvalue weighted by atomic mass is 10.2. The standard InChI is InChI=1S/C9H12O5S/c1-2-13-9(14-15(10,11)12)8-6-4-3-5-7-8/h3-7,9H,2H2,1H3,(H,10,11,12). The maximum atomic E-state index is 10.5. The van der Waals surface area contributed by atoms with Gasteiger partial charge in [0.2, 0.25) is 6.29 Å². The largest absolute Gasteiger partial charge is 0.400 e. The molecule has 5 nitrogen and oxygen atoms in total. The van der Waals surface area contributed by atoms with E-state index >= 15 is 0 Å². The molecule has 84 valence electrons. The Kier molecular flexibility index (Phi) is 4.22. The molecule has 0 bridgehead atoms. The molecule has 0 radical (unpaired) electrons. The summed E-state index contributed by atoms with van der Waals surface area (Å²) in [5.74, 6) is 0. The molecule has 0 saturated carbocycles. The summed E-state index contributed by atoms with van der Waals surface area (Å²) < 4.78 is 39.0. The van der Waals surface area contributed by atoms with Crippen LogP contribution in [0, 0.1) is 0 Å². The van der Waals surface area contributed by atoms with Crippen molar-refractivity contribution in [3.05, 3.63) is 35.9 Å². The number of hydrogen-bond acceptors (Lipinski definition) is 4. The van der Waals surface area contributed by atoms with Gasteiger partial charge in [0, 0.05) is 12.2 Å². The van der Waals surface area contributed by atoms with E-state index in [1.165, 1.54) is 0 Å². The molecule has 0 fully saturated rings. The van der Waals surface area contributed by atoms with Gasteiger partial charge in [-0.15, -0.1) is 0 Å². The number of ether oxygens (including phenoxy) is 1. The predicted molar refractivity (Wildman–Crippen MR) is 53.4 cm³/mol. The van der Waals surface area contributed by atoms with Crippen LogP contribution in [-0.4, -0.2) is 19.6 Å². The molecule has 15 heavy (non-hydrogen) atoms. The van der Waals surface area contributed by atoms with E-state index < -0.39 is 16.7 Å². The van der Waals surface area contributed by atoms with Gasteiger partial charge in [-0.05, 0) is 6.92 Å². The smallest absolute Gasteiger partial charge is 0.348 e. The fraction of sp³-hybridized carbons (Fsp3) is 0.333. The first-order chi connectivity index (χ1) is 7.03. The van der Waals surface area contributed by atoms with Crippen molar-refractivity contribution in [2.24, 2.45) is 0 Å². The van der Waals surface area contributed by atoms with Crippen LogP contribution in [0.1, 0.15) is 18.8 Å². The second-order valence-corrected chi connectivity index (χ2v) is 3.77. The molecule has 1 rings (SSSR count). The molecule has 0 spiro atoms. The minimum absolute atomic E-state index is 0.273. The quantitative estimate of drug-likeness (QED) is 0.615. The fourth-order valence-electron chi connectivity index (χ4n) is 1.05. The molecule has 0 aromatic heterocycles. The maximum absolute atomic E-state index is 10.5. The summed E-state index contributed by atoms with van der Waals surface area (Å²) >= 11 is 0. The average molecular weight is 232 g/mol. The first-order valence-corrected chi connectivity index (χ1v) is 5.71. The molecule has 0 amide bonds. The van der Waals surface area contributed by atoms with Gasteiger partial charge < -0.3 is 4.74 Å². The normalized spacial score (nSPS) is 13.7. The molecule has 0 saturated heterocycles. The van der Waals surface area contributed by atoms with Crippen molar-refractivity contribution >= 4 is 10.4 Å². The third kappa shape index (κ3) is 4.39. The highest BCUT2D eigenvalue weighted by Crippen LogP contribution is 2.20. The molecule has 0 aliphatic carbocycles. The van der Waals surface area contributed by atoms with E-state index in [-0.39, 0.29) is 6.61 Å². The van der Waals surface area contributed by atoms with E-state index in [1.54, 1.807) is 37.3 Å². The summed E-state index contributed by atoms with van der Waals surface area (Å²) in [5, 5.41) is 0. The molecule has 6 heteroatoms. The van der Waals surface area contributed by atoms with E-state index in [0.717, 1.165) is 0 Å². The van der Waals surface area contributed by atoms with E-state index in [1.807, 2.05) is 0 Å². The van der Waals surface area contributed by atoms with Gasteiger partial charge in [-0.3, -0.25) is 4.55 Å². The summed E-state index contributed by atoms with van der Waals surface area (Å²) in [5.41, 5.74) is 0.525. The van der Waals surface area contributed by atoms with Crippen LogP contribution < -0.4 is 0 Å². The minimum atomic E-state index is -4.52. The van der Waals surface area contributed by atoms with Gasteiger partial charge in [-0.1, -0.05) is 30.3 Å². The van der Waals surface area contributed by atoms with Gasteiger partial charge in [0.25, 0.3) is 0 Å². The van der Waals surface area contributed by atoms with Crippen molar-refractivity contribution < 1.29 is 21.9 Å². The number of benzene rings is 1. The van der Waals surface area contributed by atoms with Crippen LogP contribution >= 0.6 is 0 Å². The van der Waals surface area contributed by atoms with Crippen LogP contribution in [0.4, 0.5) is 0 Å². The van der Waals surface area contributed by atoms with Crippen molar-refractivity contribution in [3.63, 3.8) is 0 Å². The van der Waals surface area contributed by atoms with Crippen LogP contribution in [0.25, 0.3) is 0 Å². The topological polar surface area (TPSA) is 72.8 Å². The highest BCUT2D eigenvalue weighted by Gasteiger charge is 2.18. The van der Waals surface area contributed by atoms with Crippen molar-refractivity contribution in [3.8, 4) is 0 Å². The second-order valence-electron chi connectivity index (χ2n) is 2.72. The van der Waals surface area contributed by atoms with E-state index in [2.05, 4.69) is 4.18 Å². The Balaban J connectivity index is 2.84. The van der Waals surface area contributed by atoms with Crippen LogP contribution in [0.15, 0.2) is 30.3 Å². The third-order valence-electron chi connectivity index (χ3n) is 1.60. The molecular weight excluding hydrogens is 220 g/mol. The lowest BCUT2D eigenvalue weighted by Gasteiger charge is -2.15. The lowest BCUT2D eigenvalue weighted by molar-refractivity contribution is -0.0798. The van der Waals surface area contributed by atoms with Crippen LogP contribution in [0.5, 0.6) is 0 Å². The first-order valence-electron chi connectivity index (χ1n) is 4.35. The van der Waals surface area contributed by atoms with E-state index in [0.29, 0.717) is 5.56 Å². The molecule has 1 aromatic rings. The Bertz CT molecular complexity index is 386. The predicted octanol–water partition coefficient (Wildman–Crippen LogP) is 1.54. The van der Waals surface area contributed by atoms with E-state index in [4.69, 9.17) is 9.29 Å². The van der Waals surface area contributed by atoms with Gasteiger partial charge >= 0.3 is 10.4 Å². The van der Waals surface area contributed by atoms with Crippen LogP contribution in [0.2, 0.25) is 0 Å². The zero-order chi connectivity index (χ0) is 11.3. The van der Waals surface area contributed by atoms with Crippen molar-refractivity contribution in [2.75, 3.05) is 6.61 Å². The van der Waals surface area contributed by atoms with Gasteiger partial charge in [0.05, 0.1) is 0 Å². The van der Waals surface area contributed by atoms with Gasteiger partial charge in [-0.2, -0.15) is 8.42 Å². The summed E-state index contributed by atoms with van der Waals surface area (Å²) in [6.45, 7) is 1.97. The molecule has 1 aromatic carbocycles. The van der Waals surface area contributed by atoms with Gasteiger partial charge in [-0.25, -0.2) is 4.18 Å². The fourth-order valence-corrected chi connectivity index (χ4v) is 1.44. The lowest BCUT2D eigenvalue weighted by Crippen LogP contribution is -2.14.